The number of aliphatic hydroxyl groups excluding tert-OH is 1. The minimum absolute atomic E-state index is 0.122. The zero-order valence-electron chi connectivity index (χ0n) is 13.8. The molecule has 0 bridgehead atoms. The van der Waals surface area contributed by atoms with Crippen molar-refractivity contribution in [3.05, 3.63) is 29.3 Å². The van der Waals surface area contributed by atoms with E-state index in [0.29, 0.717) is 29.9 Å². The third-order valence-corrected chi connectivity index (χ3v) is 7.16. The molecule has 0 radical (unpaired) electrons. The van der Waals surface area contributed by atoms with E-state index in [2.05, 4.69) is 13.0 Å². The van der Waals surface area contributed by atoms with Gasteiger partial charge in [0.15, 0.2) is 0 Å². The van der Waals surface area contributed by atoms with E-state index in [1.165, 1.54) is 11.1 Å². The second-order valence-corrected chi connectivity index (χ2v) is 8.32. The molecule has 2 N–H and O–H groups in total. The van der Waals surface area contributed by atoms with Crippen molar-refractivity contribution < 1.29 is 14.6 Å². The number of aliphatic hydroxyl groups is 1. The van der Waals surface area contributed by atoms with Crippen molar-refractivity contribution in [1.82, 2.24) is 0 Å². The van der Waals surface area contributed by atoms with Crippen molar-refractivity contribution in [1.29, 1.82) is 0 Å². The molecule has 0 amide bonds. The second kappa shape index (κ2) is 5.47. The van der Waals surface area contributed by atoms with E-state index in [9.17, 15) is 14.6 Å². The van der Waals surface area contributed by atoms with E-state index < -0.39 is 0 Å². The average molecular weight is 318 g/mol. The van der Waals surface area contributed by atoms with Gasteiger partial charge in [-0.2, -0.15) is 0 Å². The molecule has 1 aromatic rings. The van der Waals surface area contributed by atoms with Gasteiger partial charge in [-0.05, 0) is 90.9 Å². The second-order valence-electron chi connectivity index (χ2n) is 8.32. The van der Waals surface area contributed by atoms with Gasteiger partial charge in [0, 0.05) is 0 Å². The quantitative estimate of drug-likeness (QED) is 0.858. The molecule has 0 aromatic heterocycles. The maximum Gasteiger partial charge on any atom is 0.115 e. The molecule has 126 valence electrons. The Balaban J connectivity index is 1.70. The third-order valence-electron chi connectivity index (χ3n) is 7.16. The van der Waals surface area contributed by atoms with E-state index in [1.807, 2.05) is 6.07 Å². The number of hydrogen-bond donors (Lipinski definition) is 2. The summed E-state index contributed by atoms with van der Waals surface area (Å²) in [7, 11) is 0. The fraction of sp³-hybridized carbons (Fsp3) is 0.700. The molecule has 0 unspecified atom stereocenters. The van der Waals surface area contributed by atoms with Crippen LogP contribution >= 0.6 is 0 Å². The van der Waals surface area contributed by atoms with Gasteiger partial charge in [-0.1, -0.05) is 13.0 Å². The zero-order chi connectivity index (χ0) is 16.2. The summed E-state index contributed by atoms with van der Waals surface area (Å²) in [6, 6.07) is 5.82. The molecule has 3 heteroatoms. The highest BCUT2D eigenvalue weighted by Gasteiger charge is 2.57. The molecule has 23 heavy (non-hydrogen) atoms. The number of rotatable bonds is 2. The number of phenols is 1. The minimum Gasteiger partial charge on any atom is -0.508 e. The first kappa shape index (κ1) is 15.4. The lowest BCUT2D eigenvalue weighted by atomic mass is 9.54. The summed E-state index contributed by atoms with van der Waals surface area (Å²) in [5.41, 5.74) is 2.85. The third kappa shape index (κ3) is 2.31. The summed E-state index contributed by atoms with van der Waals surface area (Å²) >= 11 is 0. The average Bonchev–Trinajstić information content (AvgIpc) is 2.77. The summed E-state index contributed by atoms with van der Waals surface area (Å²) in [4.78, 5) is 0. The van der Waals surface area contributed by atoms with E-state index in [4.69, 9.17) is 0 Å². The van der Waals surface area contributed by atoms with E-state index in [-0.39, 0.29) is 24.1 Å². The zero-order valence-corrected chi connectivity index (χ0v) is 13.8. The summed E-state index contributed by atoms with van der Waals surface area (Å²) in [5.74, 6) is 1.99. The van der Waals surface area contributed by atoms with Gasteiger partial charge in [-0.15, -0.1) is 0 Å². The van der Waals surface area contributed by atoms with E-state index in [1.54, 1.807) is 6.07 Å². The highest BCUT2D eigenvalue weighted by molar-refractivity contribution is 5.40. The maximum atomic E-state index is 13.1. The predicted molar refractivity (Wildman–Crippen MR) is 88.2 cm³/mol. The molecule has 2 nitrogen and oxygen atoms in total. The first-order valence-electron chi connectivity index (χ1n) is 9.09. The molecule has 2 saturated carbocycles. The van der Waals surface area contributed by atoms with Gasteiger partial charge in [-0.3, -0.25) is 4.39 Å². The van der Waals surface area contributed by atoms with Gasteiger partial charge < -0.3 is 10.2 Å². The number of aromatic hydroxyl groups is 1. The first-order chi connectivity index (χ1) is 11.0. The van der Waals surface area contributed by atoms with Crippen LogP contribution in [0.25, 0.3) is 0 Å². The standard InChI is InChI=1S/C20H27FO2/c1-20-8-6-15-14-5-3-13(22)10-12(14)2-4-16(15)19(20)17(7-9-21)18(23)11-20/h3,5,10,15-19,22-23H,2,4,6-9,11H2,1H3/t15-,16-,17+,18-,19-,20-/m1/s1. The van der Waals surface area contributed by atoms with Crippen LogP contribution in [-0.2, 0) is 6.42 Å². The Morgan fingerprint density at radius 2 is 2.13 bits per heavy atom. The van der Waals surface area contributed by atoms with E-state index >= 15 is 0 Å². The van der Waals surface area contributed by atoms with Gasteiger partial charge in [0.2, 0.25) is 0 Å². The van der Waals surface area contributed by atoms with Crippen molar-refractivity contribution in [2.24, 2.45) is 23.2 Å². The molecule has 1 aromatic carbocycles. The van der Waals surface area contributed by atoms with Gasteiger partial charge >= 0.3 is 0 Å². The van der Waals surface area contributed by atoms with Crippen LogP contribution in [0.5, 0.6) is 5.75 Å². The number of phenolic OH excluding ortho intramolecular Hbond substituents is 1. The molecular formula is C20H27FO2. The predicted octanol–water partition coefficient (Wildman–Crippen LogP) is 4.19. The highest BCUT2D eigenvalue weighted by Crippen LogP contribution is 2.63. The number of fused-ring (bicyclic) bond motifs is 5. The van der Waals surface area contributed by atoms with Crippen LogP contribution in [-0.4, -0.2) is 23.0 Å². The van der Waals surface area contributed by atoms with Crippen LogP contribution in [0.4, 0.5) is 4.39 Å². The maximum absolute atomic E-state index is 13.1. The summed E-state index contributed by atoms with van der Waals surface area (Å²) < 4.78 is 13.1. The lowest BCUT2D eigenvalue weighted by molar-refractivity contribution is 0.0242. The molecule has 3 aliphatic carbocycles. The number of halogens is 1. The molecule has 6 atom stereocenters. The number of alkyl halides is 1. The van der Waals surface area contributed by atoms with Gasteiger partial charge in [0.1, 0.15) is 5.75 Å². The fourth-order valence-corrected chi connectivity index (χ4v) is 6.33. The number of aryl methyl sites for hydroxylation is 1. The largest absolute Gasteiger partial charge is 0.508 e. The van der Waals surface area contributed by atoms with Crippen LogP contribution in [0.1, 0.15) is 56.1 Å². The van der Waals surface area contributed by atoms with Crippen molar-refractivity contribution in [2.45, 2.75) is 57.5 Å². The number of benzene rings is 1. The van der Waals surface area contributed by atoms with Crippen LogP contribution in [0.2, 0.25) is 0 Å². The van der Waals surface area contributed by atoms with Crippen molar-refractivity contribution in [3.63, 3.8) is 0 Å². The van der Waals surface area contributed by atoms with Crippen LogP contribution in [0, 0.1) is 23.2 Å². The first-order valence-corrected chi connectivity index (χ1v) is 9.09. The number of hydrogen-bond acceptors (Lipinski definition) is 2. The smallest absolute Gasteiger partial charge is 0.115 e. The topological polar surface area (TPSA) is 40.5 Å². The SMILES string of the molecule is C[C@]12CC[C@@H]3c4ccc(O)cc4CC[C@H]3[C@@H]1[C@@H](CCF)[C@H](O)C2. The van der Waals surface area contributed by atoms with Gasteiger partial charge in [0.25, 0.3) is 0 Å². The molecule has 0 spiro atoms. The Bertz CT molecular complexity index is 601. The fourth-order valence-electron chi connectivity index (χ4n) is 6.33. The molecule has 2 fully saturated rings. The Labute approximate surface area is 137 Å². The monoisotopic (exact) mass is 318 g/mol. The molecule has 0 heterocycles. The molecule has 3 aliphatic rings. The minimum atomic E-state index is -0.333. The van der Waals surface area contributed by atoms with Crippen LogP contribution in [0.3, 0.4) is 0 Å². The normalized spacial score (nSPS) is 42.0. The van der Waals surface area contributed by atoms with Crippen LogP contribution < -0.4 is 0 Å². The Morgan fingerprint density at radius 1 is 1.30 bits per heavy atom. The van der Waals surface area contributed by atoms with Crippen molar-refractivity contribution in [3.8, 4) is 5.75 Å². The van der Waals surface area contributed by atoms with Gasteiger partial charge in [0.05, 0.1) is 12.8 Å². The van der Waals surface area contributed by atoms with Crippen LogP contribution in [0.15, 0.2) is 18.2 Å². The molecule has 0 saturated heterocycles. The summed E-state index contributed by atoms with van der Waals surface area (Å²) in [5, 5.41) is 20.3. The van der Waals surface area contributed by atoms with E-state index in [0.717, 1.165) is 32.1 Å². The molecule has 0 aliphatic heterocycles. The van der Waals surface area contributed by atoms with Crippen molar-refractivity contribution in [2.75, 3.05) is 6.67 Å². The molecule has 4 rings (SSSR count). The lowest BCUT2D eigenvalue weighted by Crippen LogP contribution is -2.42. The lowest BCUT2D eigenvalue weighted by Gasteiger charge is -2.50. The Morgan fingerprint density at radius 3 is 2.91 bits per heavy atom. The summed E-state index contributed by atoms with van der Waals surface area (Å²) in [6.45, 7) is 2.00. The summed E-state index contributed by atoms with van der Waals surface area (Å²) in [6.07, 6.45) is 5.40. The van der Waals surface area contributed by atoms with Gasteiger partial charge in [-0.25, -0.2) is 0 Å². The van der Waals surface area contributed by atoms with Crippen molar-refractivity contribution >= 4 is 0 Å². The highest BCUT2D eigenvalue weighted by atomic mass is 19.1. The molecular weight excluding hydrogens is 291 g/mol. The Kier molecular flexibility index (Phi) is 3.67. The Hall–Kier alpha value is -1.09.